The third-order valence-electron chi connectivity index (χ3n) is 6.82. The van der Waals surface area contributed by atoms with Crippen LogP contribution in [0, 0.1) is 17.8 Å². The first-order valence-electron chi connectivity index (χ1n) is 10.3. The lowest BCUT2D eigenvalue weighted by atomic mass is 9.53. The summed E-state index contributed by atoms with van der Waals surface area (Å²) in [5, 5.41) is 8.05. The third kappa shape index (κ3) is 3.00. The fourth-order valence-electron chi connectivity index (χ4n) is 6.14. The fourth-order valence-corrected chi connectivity index (χ4v) is 6.31. The van der Waals surface area contributed by atoms with Crippen LogP contribution in [0.3, 0.4) is 0 Å². The van der Waals surface area contributed by atoms with Crippen LogP contribution in [-0.2, 0) is 5.54 Å². The molecular formula is C22H26ClN3O2. The monoisotopic (exact) mass is 399 g/mol. The zero-order valence-electron chi connectivity index (χ0n) is 16.2. The van der Waals surface area contributed by atoms with Crippen LogP contribution in [0.15, 0.2) is 35.3 Å². The lowest BCUT2D eigenvalue weighted by molar-refractivity contribution is -0.0518. The highest BCUT2D eigenvalue weighted by Crippen LogP contribution is 2.58. The van der Waals surface area contributed by atoms with Crippen LogP contribution in [0.25, 0.3) is 0 Å². The van der Waals surface area contributed by atoms with E-state index in [4.69, 9.17) is 16.3 Å². The molecule has 4 bridgehead atoms. The van der Waals surface area contributed by atoms with Gasteiger partial charge in [-0.15, -0.1) is 0 Å². The van der Waals surface area contributed by atoms with Crippen LogP contribution in [0.2, 0.25) is 5.02 Å². The Morgan fingerprint density at radius 3 is 2.32 bits per heavy atom. The van der Waals surface area contributed by atoms with Gasteiger partial charge in [-0.05, 0) is 87.5 Å². The van der Waals surface area contributed by atoms with Gasteiger partial charge in [0, 0.05) is 5.69 Å². The molecule has 0 saturated heterocycles. The average Bonchev–Trinajstić information content (AvgIpc) is 2.66. The molecule has 4 fully saturated rings. The largest absolute Gasteiger partial charge is 0.494 e. The maximum atomic E-state index is 13.1. The molecule has 0 radical (unpaired) electrons. The summed E-state index contributed by atoms with van der Waals surface area (Å²) in [6, 6.07) is 7.60. The van der Waals surface area contributed by atoms with Crippen molar-refractivity contribution in [2.75, 3.05) is 11.9 Å². The van der Waals surface area contributed by atoms with E-state index in [1.54, 1.807) is 10.9 Å². The van der Waals surface area contributed by atoms with Crippen LogP contribution in [0.1, 0.15) is 45.4 Å². The summed E-state index contributed by atoms with van der Waals surface area (Å²) in [5.41, 5.74) is 1.11. The van der Waals surface area contributed by atoms with Gasteiger partial charge in [0.15, 0.2) is 0 Å². The maximum absolute atomic E-state index is 13.1. The van der Waals surface area contributed by atoms with E-state index >= 15 is 0 Å². The molecular weight excluding hydrogens is 374 g/mol. The Morgan fingerprint density at radius 2 is 1.75 bits per heavy atom. The first-order valence-corrected chi connectivity index (χ1v) is 10.7. The molecule has 5 nitrogen and oxygen atoms in total. The van der Waals surface area contributed by atoms with E-state index in [0.717, 1.165) is 48.5 Å². The number of nitrogens with zero attached hydrogens (tertiary/aromatic N) is 2. The summed E-state index contributed by atoms with van der Waals surface area (Å²) in [6.45, 7) is 2.58. The molecule has 1 heterocycles. The summed E-state index contributed by atoms with van der Waals surface area (Å²) < 4.78 is 7.19. The minimum absolute atomic E-state index is 0.118. The van der Waals surface area contributed by atoms with Gasteiger partial charge >= 0.3 is 0 Å². The molecule has 4 saturated carbocycles. The number of anilines is 2. The number of aromatic nitrogens is 2. The summed E-state index contributed by atoms with van der Waals surface area (Å²) in [4.78, 5) is 13.1. The van der Waals surface area contributed by atoms with E-state index in [0.29, 0.717) is 12.3 Å². The predicted molar refractivity (Wildman–Crippen MR) is 111 cm³/mol. The van der Waals surface area contributed by atoms with Crippen LogP contribution in [0.4, 0.5) is 11.4 Å². The van der Waals surface area contributed by atoms with Gasteiger partial charge in [0.05, 0.1) is 24.0 Å². The molecule has 0 amide bonds. The molecule has 0 spiro atoms. The van der Waals surface area contributed by atoms with E-state index in [9.17, 15) is 4.79 Å². The number of hydrogen-bond donors (Lipinski definition) is 1. The Balaban J connectivity index is 1.42. The van der Waals surface area contributed by atoms with Gasteiger partial charge in [0.1, 0.15) is 10.8 Å². The number of rotatable bonds is 5. The van der Waals surface area contributed by atoms with Crippen molar-refractivity contribution in [1.82, 2.24) is 9.78 Å². The van der Waals surface area contributed by atoms with Crippen LogP contribution in [0.5, 0.6) is 5.75 Å². The molecule has 0 atom stereocenters. The highest BCUT2D eigenvalue weighted by Gasteiger charge is 2.53. The van der Waals surface area contributed by atoms with Gasteiger partial charge in [-0.25, -0.2) is 4.68 Å². The predicted octanol–water partition coefficient (Wildman–Crippen LogP) is 4.96. The second kappa shape index (κ2) is 6.80. The van der Waals surface area contributed by atoms with Crippen LogP contribution in [-0.4, -0.2) is 16.4 Å². The Kier molecular flexibility index (Phi) is 4.38. The minimum atomic E-state index is -0.167. The first kappa shape index (κ1) is 18.0. The van der Waals surface area contributed by atoms with E-state index in [2.05, 4.69) is 10.4 Å². The smallest absolute Gasteiger partial charge is 0.288 e. The fraction of sp³-hybridized carbons (Fsp3) is 0.545. The van der Waals surface area contributed by atoms with Crippen LogP contribution >= 0.6 is 11.6 Å². The third-order valence-corrected chi connectivity index (χ3v) is 7.18. The van der Waals surface area contributed by atoms with Crippen molar-refractivity contribution in [2.45, 2.75) is 51.0 Å². The van der Waals surface area contributed by atoms with Crippen molar-refractivity contribution in [3.63, 3.8) is 0 Å². The summed E-state index contributed by atoms with van der Waals surface area (Å²) >= 11 is 6.51. The topological polar surface area (TPSA) is 56.1 Å². The van der Waals surface area contributed by atoms with E-state index in [-0.39, 0.29) is 16.1 Å². The molecule has 4 aliphatic rings. The van der Waals surface area contributed by atoms with Gasteiger partial charge in [0.25, 0.3) is 5.56 Å². The second-order valence-electron chi connectivity index (χ2n) is 8.81. The molecule has 28 heavy (non-hydrogen) atoms. The van der Waals surface area contributed by atoms with Gasteiger partial charge < -0.3 is 10.1 Å². The molecule has 0 aliphatic heterocycles. The Morgan fingerprint density at radius 1 is 1.14 bits per heavy atom. The van der Waals surface area contributed by atoms with Crippen molar-refractivity contribution in [3.8, 4) is 5.75 Å². The van der Waals surface area contributed by atoms with Crippen molar-refractivity contribution in [1.29, 1.82) is 0 Å². The zero-order valence-corrected chi connectivity index (χ0v) is 16.9. The molecule has 148 valence electrons. The van der Waals surface area contributed by atoms with Crippen molar-refractivity contribution >= 4 is 23.0 Å². The molecule has 6 heteroatoms. The SMILES string of the molecule is CCOc1ccc(Nc2cnn(C34CC5CC(CC(C5)C3)C4)c(=O)c2Cl)cc1. The van der Waals surface area contributed by atoms with Crippen LogP contribution < -0.4 is 15.6 Å². The molecule has 1 aromatic heterocycles. The number of hydrogen-bond acceptors (Lipinski definition) is 4. The van der Waals surface area contributed by atoms with Gasteiger partial charge in [0.2, 0.25) is 0 Å². The van der Waals surface area contributed by atoms with Gasteiger partial charge in [-0.2, -0.15) is 5.10 Å². The highest BCUT2D eigenvalue weighted by molar-refractivity contribution is 6.33. The summed E-state index contributed by atoms with van der Waals surface area (Å²) in [7, 11) is 0. The molecule has 4 aliphatic carbocycles. The standard InChI is InChI=1S/C22H26ClN3O2/c1-2-28-18-5-3-17(4-6-18)25-19-13-24-26(21(27)20(19)23)22-10-14-7-15(11-22)9-16(8-14)12-22/h3-6,13-16,25H,2,7-12H2,1H3. The summed E-state index contributed by atoms with van der Waals surface area (Å²) in [6.07, 6.45) is 8.94. The molecule has 0 unspecified atom stereocenters. The Hall–Kier alpha value is -2.01. The average molecular weight is 400 g/mol. The van der Waals surface area contributed by atoms with Crippen molar-refractivity contribution in [2.24, 2.45) is 17.8 Å². The number of benzene rings is 1. The lowest BCUT2D eigenvalue weighted by Gasteiger charge is -2.56. The summed E-state index contributed by atoms with van der Waals surface area (Å²) in [5.74, 6) is 3.07. The maximum Gasteiger partial charge on any atom is 0.288 e. The minimum Gasteiger partial charge on any atom is -0.494 e. The van der Waals surface area contributed by atoms with E-state index < -0.39 is 0 Å². The quantitative estimate of drug-likeness (QED) is 0.771. The van der Waals surface area contributed by atoms with Crippen molar-refractivity contribution < 1.29 is 4.74 Å². The number of nitrogens with one attached hydrogen (secondary N) is 1. The highest BCUT2D eigenvalue weighted by atomic mass is 35.5. The number of ether oxygens (including phenoxy) is 1. The van der Waals surface area contributed by atoms with Gasteiger partial charge in [-0.1, -0.05) is 11.6 Å². The Labute approximate surface area is 170 Å². The second-order valence-corrected chi connectivity index (χ2v) is 9.19. The first-order chi connectivity index (χ1) is 13.6. The zero-order chi connectivity index (χ0) is 19.3. The normalized spacial score (nSPS) is 30.4. The van der Waals surface area contributed by atoms with Crippen molar-refractivity contribution in [3.05, 3.63) is 45.8 Å². The van der Waals surface area contributed by atoms with E-state index in [1.807, 2.05) is 31.2 Å². The molecule has 6 rings (SSSR count). The van der Waals surface area contributed by atoms with Gasteiger partial charge in [-0.3, -0.25) is 4.79 Å². The Bertz CT molecular complexity index is 903. The lowest BCUT2D eigenvalue weighted by Crippen LogP contribution is -2.55. The molecule has 1 aromatic carbocycles. The number of halogens is 1. The molecule has 1 N–H and O–H groups in total. The molecule has 2 aromatic rings. The van der Waals surface area contributed by atoms with E-state index in [1.165, 1.54) is 19.3 Å².